The number of nitrogens with zero attached hydrogens (tertiary/aromatic N) is 4. The fourth-order valence-corrected chi connectivity index (χ4v) is 5.07. The molecular weight excluding hydrogens is 534 g/mol. The van der Waals surface area contributed by atoms with Crippen LogP contribution >= 0.6 is 11.3 Å². The predicted octanol–water partition coefficient (Wildman–Crippen LogP) is 5.88. The van der Waals surface area contributed by atoms with E-state index in [9.17, 15) is 15.0 Å². The Morgan fingerprint density at radius 2 is 1.27 bits per heavy atom. The third-order valence-electron chi connectivity index (χ3n) is 6.52. The number of nitrogens with one attached hydrogen (secondary N) is 1. The molecule has 0 bridgehead atoms. The van der Waals surface area contributed by atoms with Gasteiger partial charge in [-0.25, -0.2) is 9.78 Å². The molecule has 8 nitrogen and oxygen atoms in total. The number of carbonyl (C=O) groups is 1. The van der Waals surface area contributed by atoms with Crippen LogP contribution in [0.3, 0.4) is 0 Å². The fraction of sp³-hybridized carbons (Fsp3) is 0.0938. The molecule has 1 aromatic heterocycles. The Hall–Kier alpha value is -4.99. The number of para-hydroxylation sites is 1. The van der Waals surface area contributed by atoms with Gasteiger partial charge >= 0.3 is 5.97 Å². The Morgan fingerprint density at radius 3 is 1.73 bits per heavy atom. The Morgan fingerprint density at radius 1 is 0.780 bits per heavy atom. The number of amidine groups is 1. The molecule has 0 saturated heterocycles. The van der Waals surface area contributed by atoms with Crippen LogP contribution in [0.2, 0.25) is 0 Å². The summed E-state index contributed by atoms with van der Waals surface area (Å²) < 4.78 is 0. The molecule has 0 saturated carbocycles. The van der Waals surface area contributed by atoms with Crippen LogP contribution in [0.15, 0.2) is 126 Å². The lowest BCUT2D eigenvalue weighted by molar-refractivity contribution is -0.155. The van der Waals surface area contributed by atoms with E-state index in [-0.39, 0.29) is 0 Å². The molecule has 3 N–H and O–H groups in total. The van der Waals surface area contributed by atoms with Crippen molar-refractivity contribution in [2.45, 2.75) is 19.4 Å². The minimum absolute atomic E-state index is 0.346. The first kappa shape index (κ1) is 27.6. The van der Waals surface area contributed by atoms with Crippen molar-refractivity contribution >= 4 is 34.0 Å². The van der Waals surface area contributed by atoms with Crippen LogP contribution in [0.5, 0.6) is 0 Å². The minimum Gasteiger partial charge on any atom is -0.479 e. The van der Waals surface area contributed by atoms with E-state index in [1.165, 1.54) is 4.88 Å². The van der Waals surface area contributed by atoms with E-state index in [1.54, 1.807) is 72.0 Å². The number of hydrogen-bond donors (Lipinski definition) is 3. The van der Waals surface area contributed by atoms with Crippen molar-refractivity contribution in [1.29, 1.82) is 0 Å². The average molecular weight is 564 g/mol. The number of aliphatic carboxylic acids is 1. The molecule has 41 heavy (non-hydrogen) atoms. The molecule has 1 aliphatic rings. The van der Waals surface area contributed by atoms with Crippen LogP contribution < -0.4 is 15.7 Å². The highest BCUT2D eigenvalue weighted by atomic mass is 32.1. The van der Waals surface area contributed by atoms with Crippen LogP contribution in [0.1, 0.15) is 27.3 Å². The normalized spacial score (nSPS) is 12.7. The number of hydrazine groups is 2. The predicted molar refractivity (Wildman–Crippen MR) is 163 cm³/mol. The van der Waals surface area contributed by atoms with Crippen molar-refractivity contribution in [2.75, 3.05) is 10.2 Å². The number of carboxylic acids is 1. The van der Waals surface area contributed by atoms with Crippen LogP contribution in [0.4, 0.5) is 10.8 Å². The SMILES string of the molecule is Cc1nc(N2NC(c3ccccc3)=NN2c2ccccc2)sc1C.O=C(O)C(O)(c1ccccc1)c1ccccc1. The number of carboxylic acid groups (broad SMARTS) is 1. The van der Waals surface area contributed by atoms with Gasteiger partial charge in [0.2, 0.25) is 10.7 Å². The first-order valence-electron chi connectivity index (χ1n) is 12.9. The van der Waals surface area contributed by atoms with Gasteiger partial charge in [-0.3, -0.25) is 5.43 Å². The second-order valence-electron chi connectivity index (χ2n) is 9.25. The smallest absolute Gasteiger partial charge is 0.345 e. The molecule has 5 aromatic rings. The van der Waals surface area contributed by atoms with E-state index in [0.29, 0.717) is 11.1 Å². The molecule has 1 aliphatic heterocycles. The molecule has 0 atom stereocenters. The van der Waals surface area contributed by atoms with Crippen LogP contribution in [0, 0.1) is 13.8 Å². The maximum absolute atomic E-state index is 11.4. The molecule has 0 amide bonds. The monoisotopic (exact) mass is 563 g/mol. The zero-order valence-electron chi connectivity index (χ0n) is 22.5. The molecule has 4 aromatic carbocycles. The van der Waals surface area contributed by atoms with Gasteiger partial charge in [0, 0.05) is 10.4 Å². The largest absolute Gasteiger partial charge is 0.479 e. The molecule has 0 radical (unpaired) electrons. The summed E-state index contributed by atoms with van der Waals surface area (Å²) in [5.74, 6) is -0.486. The number of thiazole rings is 1. The number of aryl methyl sites for hydroxylation is 2. The number of hydrogen-bond acceptors (Lipinski definition) is 8. The van der Waals surface area contributed by atoms with E-state index < -0.39 is 11.6 Å². The zero-order valence-corrected chi connectivity index (χ0v) is 23.4. The second kappa shape index (κ2) is 12.0. The summed E-state index contributed by atoms with van der Waals surface area (Å²) >= 11 is 1.64. The number of anilines is 2. The summed E-state index contributed by atoms with van der Waals surface area (Å²) in [4.78, 5) is 17.2. The number of aromatic nitrogens is 1. The van der Waals surface area contributed by atoms with Crippen molar-refractivity contribution in [3.63, 3.8) is 0 Å². The van der Waals surface area contributed by atoms with Crippen molar-refractivity contribution in [2.24, 2.45) is 5.10 Å². The quantitative estimate of drug-likeness (QED) is 0.237. The third-order valence-corrected chi connectivity index (χ3v) is 7.57. The molecular formula is C32H29N5O3S. The van der Waals surface area contributed by atoms with E-state index in [4.69, 9.17) is 5.10 Å². The minimum atomic E-state index is -2.00. The summed E-state index contributed by atoms with van der Waals surface area (Å²) in [6.45, 7) is 4.11. The number of rotatable bonds is 6. The highest BCUT2D eigenvalue weighted by Crippen LogP contribution is 2.31. The fourth-order valence-electron chi connectivity index (χ4n) is 4.21. The highest BCUT2D eigenvalue weighted by Gasteiger charge is 2.39. The average Bonchev–Trinajstić information content (AvgIpc) is 3.62. The van der Waals surface area contributed by atoms with Crippen molar-refractivity contribution in [3.05, 3.63) is 149 Å². The molecule has 0 unspecified atom stereocenters. The summed E-state index contributed by atoms with van der Waals surface area (Å²) in [6.07, 6.45) is 0. The molecule has 206 valence electrons. The van der Waals surface area contributed by atoms with Gasteiger partial charge in [-0.05, 0) is 37.1 Å². The van der Waals surface area contributed by atoms with Crippen molar-refractivity contribution in [1.82, 2.24) is 10.4 Å². The van der Waals surface area contributed by atoms with Gasteiger partial charge in [-0.1, -0.05) is 121 Å². The number of aliphatic hydroxyl groups is 1. The molecule has 0 spiro atoms. The van der Waals surface area contributed by atoms with Gasteiger partial charge in [-0.2, -0.15) is 0 Å². The standard InChI is InChI=1S/C18H17N5S.C14H12O3/c1-13-14(2)24-18(19-13)23-21-17(15-9-5-3-6-10-15)20-22(23)16-11-7-4-8-12-16;15-13(16)14(17,11-7-3-1-4-8-11)12-9-5-2-6-10-12/h3-12H,1-2H3,(H,20,21);1-10,17H,(H,15,16). The molecule has 2 heterocycles. The first-order chi connectivity index (χ1) is 19.9. The lowest BCUT2D eigenvalue weighted by Gasteiger charge is -2.25. The van der Waals surface area contributed by atoms with Crippen LogP contribution in [-0.2, 0) is 10.4 Å². The molecule has 6 rings (SSSR count). The topological polar surface area (TPSA) is 101 Å². The Bertz CT molecular complexity index is 1570. The van der Waals surface area contributed by atoms with Gasteiger partial charge in [0.25, 0.3) is 0 Å². The van der Waals surface area contributed by atoms with Gasteiger partial charge in [0.1, 0.15) is 0 Å². The van der Waals surface area contributed by atoms with Gasteiger partial charge in [0.05, 0.1) is 11.4 Å². The third kappa shape index (κ3) is 5.81. The van der Waals surface area contributed by atoms with Crippen LogP contribution in [-0.4, -0.2) is 27.0 Å². The first-order valence-corrected chi connectivity index (χ1v) is 13.8. The van der Waals surface area contributed by atoms with E-state index in [2.05, 4.69) is 17.3 Å². The summed E-state index contributed by atoms with van der Waals surface area (Å²) in [5.41, 5.74) is 5.11. The van der Waals surface area contributed by atoms with E-state index >= 15 is 0 Å². The maximum Gasteiger partial charge on any atom is 0.345 e. The Balaban J connectivity index is 0.000000175. The van der Waals surface area contributed by atoms with Crippen LogP contribution in [0.25, 0.3) is 0 Å². The maximum atomic E-state index is 11.4. The van der Waals surface area contributed by atoms with Crippen molar-refractivity contribution in [3.8, 4) is 0 Å². The summed E-state index contributed by atoms with van der Waals surface area (Å²) in [7, 11) is 0. The lowest BCUT2D eigenvalue weighted by atomic mass is 9.86. The van der Waals surface area contributed by atoms with Crippen molar-refractivity contribution < 1.29 is 15.0 Å². The molecule has 9 heteroatoms. The Labute approximate surface area is 242 Å². The molecule has 0 aliphatic carbocycles. The van der Waals surface area contributed by atoms with Gasteiger partial charge < -0.3 is 10.2 Å². The summed E-state index contributed by atoms with van der Waals surface area (Å²) in [5, 5.41) is 29.1. The highest BCUT2D eigenvalue weighted by molar-refractivity contribution is 7.15. The van der Waals surface area contributed by atoms with E-state index in [0.717, 1.165) is 27.9 Å². The van der Waals surface area contributed by atoms with E-state index in [1.807, 2.05) is 77.8 Å². The summed E-state index contributed by atoms with van der Waals surface area (Å²) in [6, 6.07) is 36.9. The Kier molecular flexibility index (Phi) is 8.09. The zero-order chi connectivity index (χ0) is 28.8. The lowest BCUT2D eigenvalue weighted by Crippen LogP contribution is -2.44. The number of benzene rings is 4. The second-order valence-corrected chi connectivity index (χ2v) is 10.4. The molecule has 0 fully saturated rings. The van der Waals surface area contributed by atoms with Gasteiger partial charge in [0.15, 0.2) is 5.84 Å². The van der Waals surface area contributed by atoms with Gasteiger partial charge in [-0.15, -0.1) is 15.3 Å². The number of hydrazone groups is 1.